The van der Waals surface area contributed by atoms with Gasteiger partial charge in [0.15, 0.2) is 0 Å². The molecule has 0 atom stereocenters. The fourth-order valence-electron chi connectivity index (χ4n) is 1.23. The van der Waals surface area contributed by atoms with Gasteiger partial charge in [-0.3, -0.25) is 0 Å². The molecule has 0 aliphatic carbocycles. The number of nitrogens with one attached hydrogen (secondary N) is 2. The second-order valence-corrected chi connectivity index (χ2v) is 5.36. The molecule has 0 saturated carbocycles. The molecular weight excluding hydrogens is 385 g/mol. The molecule has 0 fully saturated rings. The van der Waals surface area contributed by atoms with Crippen molar-refractivity contribution in [1.29, 1.82) is 0 Å². The van der Waals surface area contributed by atoms with E-state index >= 15 is 0 Å². The Morgan fingerprint density at radius 1 is 1.11 bits per heavy atom. The topological polar surface area (TPSA) is 62.7 Å². The molecule has 0 spiro atoms. The largest absolute Gasteiger partial charge is 0.357 e. The fourth-order valence-corrected chi connectivity index (χ4v) is 2.54. The molecular formula is C10H8Br2ClN5. The molecule has 94 valence electrons. The monoisotopic (exact) mass is 391 g/mol. The second kappa shape index (κ2) is 5.81. The molecule has 2 N–H and O–H groups in total. The lowest BCUT2D eigenvalue weighted by atomic mass is 10.3. The highest BCUT2D eigenvalue weighted by atomic mass is 79.9. The molecule has 0 aliphatic heterocycles. The summed E-state index contributed by atoms with van der Waals surface area (Å²) >= 11 is 12.6. The van der Waals surface area contributed by atoms with Crippen molar-refractivity contribution in [2.24, 2.45) is 0 Å². The van der Waals surface area contributed by atoms with Crippen LogP contribution in [0.3, 0.4) is 0 Å². The third-order valence-corrected chi connectivity index (χ3v) is 3.33. The number of halogens is 3. The van der Waals surface area contributed by atoms with Crippen LogP contribution in [-0.2, 0) is 0 Å². The summed E-state index contributed by atoms with van der Waals surface area (Å²) in [4.78, 5) is 12.1. The van der Waals surface area contributed by atoms with Gasteiger partial charge in [-0.25, -0.2) is 0 Å². The van der Waals surface area contributed by atoms with E-state index in [0.29, 0.717) is 11.9 Å². The molecule has 0 bridgehead atoms. The van der Waals surface area contributed by atoms with Gasteiger partial charge in [-0.05, 0) is 45.7 Å². The normalized spacial score (nSPS) is 10.2. The average molecular weight is 393 g/mol. The zero-order valence-corrected chi connectivity index (χ0v) is 13.1. The Balaban J connectivity index is 2.30. The van der Waals surface area contributed by atoms with Crippen molar-refractivity contribution in [2.75, 3.05) is 17.7 Å². The van der Waals surface area contributed by atoms with Gasteiger partial charge in [-0.2, -0.15) is 15.0 Å². The Morgan fingerprint density at radius 2 is 1.83 bits per heavy atom. The smallest absolute Gasteiger partial charge is 0.233 e. The molecule has 1 aromatic carbocycles. The van der Waals surface area contributed by atoms with Gasteiger partial charge in [-0.15, -0.1) is 0 Å². The van der Waals surface area contributed by atoms with Crippen LogP contribution in [-0.4, -0.2) is 22.0 Å². The van der Waals surface area contributed by atoms with Gasteiger partial charge < -0.3 is 10.6 Å². The van der Waals surface area contributed by atoms with Crippen LogP contribution in [0.25, 0.3) is 0 Å². The first-order chi connectivity index (χ1) is 8.58. The molecule has 0 unspecified atom stereocenters. The van der Waals surface area contributed by atoms with E-state index in [0.717, 1.165) is 14.6 Å². The summed E-state index contributed by atoms with van der Waals surface area (Å²) in [5, 5.41) is 6.00. The van der Waals surface area contributed by atoms with Gasteiger partial charge in [0.1, 0.15) is 0 Å². The minimum atomic E-state index is 0.130. The van der Waals surface area contributed by atoms with Crippen molar-refractivity contribution < 1.29 is 0 Å². The maximum Gasteiger partial charge on any atom is 0.233 e. The molecule has 8 heteroatoms. The van der Waals surface area contributed by atoms with E-state index in [1.165, 1.54) is 0 Å². The van der Waals surface area contributed by atoms with E-state index in [1.807, 2.05) is 18.2 Å². The number of hydrogen-bond acceptors (Lipinski definition) is 5. The van der Waals surface area contributed by atoms with Crippen LogP contribution >= 0.6 is 43.5 Å². The van der Waals surface area contributed by atoms with Crippen molar-refractivity contribution >= 4 is 61.0 Å². The predicted molar refractivity (Wildman–Crippen MR) is 79.5 cm³/mol. The summed E-state index contributed by atoms with van der Waals surface area (Å²) in [6.07, 6.45) is 0. The van der Waals surface area contributed by atoms with Gasteiger partial charge in [0.05, 0.1) is 5.69 Å². The van der Waals surface area contributed by atoms with E-state index in [4.69, 9.17) is 11.6 Å². The van der Waals surface area contributed by atoms with Crippen LogP contribution in [0.2, 0.25) is 5.28 Å². The SMILES string of the molecule is CNc1nc(Cl)nc(Nc2ccc(Br)cc2Br)n1. The molecule has 18 heavy (non-hydrogen) atoms. The van der Waals surface area contributed by atoms with E-state index in [2.05, 4.69) is 57.4 Å². The van der Waals surface area contributed by atoms with Crippen LogP contribution in [0.1, 0.15) is 0 Å². The molecule has 1 heterocycles. The second-order valence-electron chi connectivity index (χ2n) is 3.25. The summed E-state index contributed by atoms with van der Waals surface area (Å²) in [5.74, 6) is 0.785. The maximum absolute atomic E-state index is 5.80. The number of rotatable bonds is 3. The molecule has 0 radical (unpaired) electrons. The lowest BCUT2D eigenvalue weighted by Crippen LogP contribution is -2.03. The van der Waals surface area contributed by atoms with Gasteiger partial charge in [0.2, 0.25) is 17.2 Å². The minimum absolute atomic E-state index is 0.130. The van der Waals surface area contributed by atoms with Crippen molar-refractivity contribution in [1.82, 2.24) is 15.0 Å². The zero-order valence-electron chi connectivity index (χ0n) is 9.21. The van der Waals surface area contributed by atoms with Crippen molar-refractivity contribution in [3.05, 3.63) is 32.4 Å². The van der Waals surface area contributed by atoms with Crippen molar-refractivity contribution in [3.8, 4) is 0 Å². The zero-order chi connectivity index (χ0) is 13.1. The van der Waals surface area contributed by atoms with E-state index in [1.54, 1.807) is 7.05 Å². The third-order valence-electron chi connectivity index (χ3n) is 2.01. The molecule has 1 aromatic heterocycles. The number of benzene rings is 1. The average Bonchev–Trinajstić information content (AvgIpc) is 2.32. The molecule has 2 rings (SSSR count). The van der Waals surface area contributed by atoms with Gasteiger partial charge >= 0.3 is 0 Å². The Morgan fingerprint density at radius 3 is 2.50 bits per heavy atom. The number of hydrogen-bond donors (Lipinski definition) is 2. The van der Waals surface area contributed by atoms with Crippen LogP contribution in [0.15, 0.2) is 27.1 Å². The Kier molecular flexibility index (Phi) is 4.36. The number of aromatic nitrogens is 3. The first-order valence-electron chi connectivity index (χ1n) is 4.90. The highest BCUT2D eigenvalue weighted by Gasteiger charge is 2.06. The standard InChI is InChI=1S/C10H8Br2ClN5/c1-14-9-16-8(13)17-10(18-9)15-7-3-2-5(11)4-6(7)12/h2-4H,1H3,(H2,14,15,16,17,18). The predicted octanol–water partition coefficient (Wildman–Crippen LogP) is 3.84. The lowest BCUT2D eigenvalue weighted by Gasteiger charge is -2.08. The molecule has 0 saturated heterocycles. The quantitative estimate of drug-likeness (QED) is 0.830. The van der Waals surface area contributed by atoms with Gasteiger partial charge in [0, 0.05) is 16.0 Å². The third kappa shape index (κ3) is 3.30. The van der Waals surface area contributed by atoms with Crippen LogP contribution < -0.4 is 10.6 Å². The molecule has 0 amide bonds. The van der Waals surface area contributed by atoms with Crippen LogP contribution in [0, 0.1) is 0 Å². The molecule has 0 aliphatic rings. The van der Waals surface area contributed by atoms with Gasteiger partial charge in [-0.1, -0.05) is 15.9 Å². The fraction of sp³-hybridized carbons (Fsp3) is 0.100. The van der Waals surface area contributed by atoms with E-state index in [-0.39, 0.29) is 5.28 Å². The Bertz CT molecular complexity index is 578. The number of anilines is 3. The van der Waals surface area contributed by atoms with Crippen molar-refractivity contribution in [2.45, 2.75) is 0 Å². The van der Waals surface area contributed by atoms with E-state index < -0.39 is 0 Å². The number of nitrogens with zero attached hydrogens (tertiary/aromatic N) is 3. The first kappa shape index (κ1) is 13.5. The van der Waals surface area contributed by atoms with Crippen LogP contribution in [0.4, 0.5) is 17.6 Å². The Hall–Kier alpha value is -0.920. The van der Waals surface area contributed by atoms with E-state index in [9.17, 15) is 0 Å². The summed E-state index contributed by atoms with van der Waals surface area (Å²) < 4.78 is 1.86. The maximum atomic E-state index is 5.80. The first-order valence-corrected chi connectivity index (χ1v) is 6.86. The van der Waals surface area contributed by atoms with Crippen LogP contribution in [0.5, 0.6) is 0 Å². The van der Waals surface area contributed by atoms with Gasteiger partial charge in [0.25, 0.3) is 0 Å². The Labute approximate surface area is 126 Å². The highest BCUT2D eigenvalue weighted by Crippen LogP contribution is 2.28. The summed E-state index contributed by atoms with van der Waals surface area (Å²) in [5.41, 5.74) is 0.836. The molecule has 2 aromatic rings. The summed E-state index contributed by atoms with van der Waals surface area (Å²) in [6, 6.07) is 5.73. The summed E-state index contributed by atoms with van der Waals surface area (Å²) in [7, 11) is 1.71. The molecule has 5 nitrogen and oxygen atoms in total. The van der Waals surface area contributed by atoms with Crippen molar-refractivity contribution in [3.63, 3.8) is 0 Å². The lowest BCUT2D eigenvalue weighted by molar-refractivity contribution is 1.05. The summed E-state index contributed by atoms with van der Waals surface area (Å²) in [6.45, 7) is 0. The highest BCUT2D eigenvalue weighted by molar-refractivity contribution is 9.11. The minimum Gasteiger partial charge on any atom is -0.357 e.